The van der Waals surface area contributed by atoms with Crippen LogP contribution in [0.1, 0.15) is 17.2 Å². The molecule has 0 aromatic heterocycles. The molecule has 1 atom stereocenters. The first kappa shape index (κ1) is 19.9. The molecule has 25 heavy (non-hydrogen) atoms. The van der Waals surface area contributed by atoms with Crippen LogP contribution < -0.4 is 0 Å². The van der Waals surface area contributed by atoms with Crippen LogP contribution in [0.3, 0.4) is 0 Å². The smallest absolute Gasteiger partial charge is 0.335 e. The minimum absolute atomic E-state index is 0.118. The average Bonchev–Trinajstić information content (AvgIpc) is 2.98. The molecular weight excluding hydrogens is 354 g/mol. The molecule has 5 nitrogen and oxygen atoms in total. The van der Waals surface area contributed by atoms with Crippen molar-refractivity contribution in [3.63, 3.8) is 0 Å². The van der Waals surface area contributed by atoms with Gasteiger partial charge in [-0.05, 0) is 18.5 Å². The third kappa shape index (κ3) is 4.80. The van der Waals surface area contributed by atoms with Crippen molar-refractivity contribution in [3.05, 3.63) is 47.0 Å². The fourth-order valence-corrected chi connectivity index (χ4v) is 7.37. The lowest BCUT2D eigenvalue weighted by molar-refractivity contribution is -0.136. The maximum Gasteiger partial charge on any atom is 0.335 e. The zero-order valence-electron chi connectivity index (χ0n) is 15.6. The van der Waals surface area contributed by atoms with Gasteiger partial charge < -0.3 is 4.74 Å². The van der Waals surface area contributed by atoms with E-state index in [0.29, 0.717) is 11.6 Å². The monoisotopic (exact) mass is 381 g/mol. The summed E-state index contributed by atoms with van der Waals surface area (Å²) in [5, 5.41) is 0. The number of ether oxygens (including phenoxy) is 1. The Labute approximate surface area is 151 Å². The predicted molar refractivity (Wildman–Crippen MR) is 103 cm³/mol. The van der Waals surface area contributed by atoms with Crippen LogP contribution in [0.15, 0.2) is 35.9 Å². The van der Waals surface area contributed by atoms with Crippen molar-refractivity contribution in [1.29, 1.82) is 0 Å². The Kier molecular flexibility index (Phi) is 5.91. The van der Waals surface area contributed by atoms with Gasteiger partial charge in [-0.15, -0.1) is 0 Å². The molecule has 1 aliphatic rings. The van der Waals surface area contributed by atoms with Gasteiger partial charge in [0.2, 0.25) is 10.0 Å². The minimum atomic E-state index is -3.47. The SMILES string of the molecule is COC(=O)C1=CCN(S(=O)(=O)CC[Si](C)(C)C)C1c1ccc(C)cc1. The van der Waals surface area contributed by atoms with E-state index >= 15 is 0 Å². The molecule has 7 heteroatoms. The fraction of sp³-hybridized carbons (Fsp3) is 0.500. The first-order valence-corrected chi connectivity index (χ1v) is 13.7. The number of benzene rings is 1. The summed E-state index contributed by atoms with van der Waals surface area (Å²) in [6, 6.07) is 7.69. The first-order valence-electron chi connectivity index (χ1n) is 8.39. The summed E-state index contributed by atoms with van der Waals surface area (Å²) < 4.78 is 32.2. The number of esters is 1. The highest BCUT2D eigenvalue weighted by molar-refractivity contribution is 7.89. The van der Waals surface area contributed by atoms with Crippen molar-refractivity contribution in [2.75, 3.05) is 19.4 Å². The van der Waals surface area contributed by atoms with Crippen molar-refractivity contribution < 1.29 is 17.9 Å². The van der Waals surface area contributed by atoms with Crippen LogP contribution in [0.4, 0.5) is 0 Å². The molecule has 2 rings (SSSR count). The summed E-state index contributed by atoms with van der Waals surface area (Å²) in [4.78, 5) is 12.1. The Morgan fingerprint density at radius 1 is 1.24 bits per heavy atom. The van der Waals surface area contributed by atoms with Gasteiger partial charge in [0.25, 0.3) is 0 Å². The molecule has 138 valence electrons. The summed E-state index contributed by atoms with van der Waals surface area (Å²) in [5.41, 5.74) is 2.26. The van der Waals surface area contributed by atoms with Gasteiger partial charge in [-0.1, -0.05) is 55.5 Å². The van der Waals surface area contributed by atoms with Crippen LogP contribution in [0.5, 0.6) is 0 Å². The molecule has 1 heterocycles. The van der Waals surface area contributed by atoms with E-state index in [9.17, 15) is 13.2 Å². The van der Waals surface area contributed by atoms with Gasteiger partial charge in [-0.25, -0.2) is 13.2 Å². The molecule has 0 N–H and O–H groups in total. The largest absolute Gasteiger partial charge is 0.466 e. The molecule has 1 unspecified atom stereocenters. The van der Waals surface area contributed by atoms with E-state index in [0.717, 1.165) is 11.1 Å². The molecule has 0 saturated heterocycles. The fourth-order valence-electron chi connectivity index (χ4n) is 2.79. The summed E-state index contributed by atoms with van der Waals surface area (Å²) in [6.07, 6.45) is 1.67. The van der Waals surface area contributed by atoms with Crippen LogP contribution >= 0.6 is 0 Å². The minimum Gasteiger partial charge on any atom is -0.466 e. The topological polar surface area (TPSA) is 63.7 Å². The zero-order chi connectivity index (χ0) is 18.8. The Bertz CT molecular complexity index is 763. The Hall–Kier alpha value is -1.44. The highest BCUT2D eigenvalue weighted by Gasteiger charge is 2.40. The maximum absolute atomic E-state index is 12.9. The van der Waals surface area contributed by atoms with E-state index in [4.69, 9.17) is 4.74 Å². The molecule has 0 bridgehead atoms. The van der Waals surface area contributed by atoms with E-state index < -0.39 is 30.1 Å². The summed E-state index contributed by atoms with van der Waals surface area (Å²) >= 11 is 0. The van der Waals surface area contributed by atoms with Crippen molar-refractivity contribution in [2.45, 2.75) is 38.7 Å². The van der Waals surface area contributed by atoms with Gasteiger partial charge >= 0.3 is 5.97 Å². The number of nitrogens with zero attached hydrogens (tertiary/aromatic N) is 1. The Balaban J connectivity index is 2.37. The number of rotatable bonds is 6. The number of hydrogen-bond acceptors (Lipinski definition) is 4. The molecule has 1 aromatic carbocycles. The van der Waals surface area contributed by atoms with Crippen LogP contribution in [0, 0.1) is 6.92 Å². The van der Waals surface area contributed by atoms with Crippen LogP contribution in [0.25, 0.3) is 0 Å². The van der Waals surface area contributed by atoms with E-state index in [-0.39, 0.29) is 12.3 Å². The molecule has 1 aliphatic heterocycles. The summed E-state index contributed by atoms with van der Waals surface area (Å²) in [5.74, 6) is -0.360. The molecule has 0 aliphatic carbocycles. The second kappa shape index (κ2) is 7.43. The summed E-state index contributed by atoms with van der Waals surface area (Å²) in [6.45, 7) is 8.64. The number of carbonyl (C=O) groups is 1. The Morgan fingerprint density at radius 3 is 2.36 bits per heavy atom. The second-order valence-electron chi connectivity index (χ2n) is 7.66. The number of carbonyl (C=O) groups excluding carboxylic acids is 1. The molecule has 0 fully saturated rings. The van der Waals surface area contributed by atoms with Gasteiger partial charge in [0.15, 0.2) is 0 Å². The highest BCUT2D eigenvalue weighted by atomic mass is 32.2. The number of methoxy groups -OCH3 is 1. The molecule has 0 radical (unpaired) electrons. The summed E-state index contributed by atoms with van der Waals surface area (Å²) in [7, 11) is -3.64. The predicted octanol–water partition coefficient (Wildman–Crippen LogP) is 3.12. The first-order chi connectivity index (χ1) is 11.5. The number of aryl methyl sites for hydroxylation is 1. The van der Waals surface area contributed by atoms with Gasteiger partial charge in [0.05, 0.1) is 24.5 Å². The van der Waals surface area contributed by atoms with Crippen LogP contribution in [-0.4, -0.2) is 46.2 Å². The Morgan fingerprint density at radius 2 is 1.84 bits per heavy atom. The molecule has 0 saturated carbocycles. The average molecular weight is 382 g/mol. The van der Waals surface area contributed by atoms with Gasteiger partial charge in [0.1, 0.15) is 0 Å². The molecule has 0 amide bonds. The van der Waals surface area contributed by atoms with Gasteiger partial charge in [0, 0.05) is 14.6 Å². The number of hydrogen-bond donors (Lipinski definition) is 0. The lowest BCUT2D eigenvalue weighted by atomic mass is 10.00. The van der Waals surface area contributed by atoms with Crippen molar-refractivity contribution in [1.82, 2.24) is 4.31 Å². The van der Waals surface area contributed by atoms with Crippen molar-refractivity contribution >= 4 is 24.1 Å². The normalized spacial score (nSPS) is 18.9. The van der Waals surface area contributed by atoms with Crippen molar-refractivity contribution in [2.24, 2.45) is 0 Å². The third-order valence-electron chi connectivity index (χ3n) is 4.36. The van der Waals surface area contributed by atoms with Gasteiger partial charge in [-0.3, -0.25) is 0 Å². The molecule has 1 aromatic rings. The van der Waals surface area contributed by atoms with Crippen LogP contribution in [-0.2, 0) is 19.6 Å². The van der Waals surface area contributed by atoms with E-state index in [2.05, 4.69) is 19.6 Å². The quantitative estimate of drug-likeness (QED) is 0.561. The highest BCUT2D eigenvalue weighted by Crippen LogP contribution is 2.36. The lowest BCUT2D eigenvalue weighted by Gasteiger charge is -2.27. The van der Waals surface area contributed by atoms with E-state index in [1.165, 1.54) is 11.4 Å². The third-order valence-corrected chi connectivity index (χ3v) is 8.26. The second-order valence-corrected chi connectivity index (χ2v) is 15.3. The number of sulfonamides is 1. The van der Waals surface area contributed by atoms with Crippen molar-refractivity contribution in [3.8, 4) is 0 Å². The standard InChI is InChI=1S/C18H27NO4SSi/c1-14-6-8-15(9-7-14)17-16(18(20)23-2)10-11-19(17)24(21,22)12-13-25(3,4)5/h6-10,17H,11-13H2,1-5H3. The molecule has 0 spiro atoms. The lowest BCUT2D eigenvalue weighted by Crippen LogP contribution is -2.37. The van der Waals surface area contributed by atoms with E-state index in [1.54, 1.807) is 6.08 Å². The zero-order valence-corrected chi connectivity index (χ0v) is 17.4. The maximum atomic E-state index is 12.9. The van der Waals surface area contributed by atoms with Crippen LogP contribution in [0.2, 0.25) is 25.7 Å². The van der Waals surface area contributed by atoms with Gasteiger partial charge in [-0.2, -0.15) is 4.31 Å². The molecular formula is C18H27NO4SSi. The van der Waals surface area contributed by atoms with E-state index in [1.807, 2.05) is 31.2 Å².